The molecule has 0 amide bonds. The number of aromatic nitrogens is 5. The lowest BCUT2D eigenvalue weighted by molar-refractivity contribution is 0.637. The zero-order chi connectivity index (χ0) is 9.10. The predicted octanol–water partition coefficient (Wildman–Crippen LogP) is 1.07. The Bertz CT molecular complexity index is 370. The van der Waals surface area contributed by atoms with Crippen LogP contribution in [0.2, 0.25) is 0 Å². The van der Waals surface area contributed by atoms with Crippen LogP contribution in [-0.2, 0) is 11.9 Å². The quantitative estimate of drug-likeness (QED) is 0.775. The topological polar surface area (TPSA) is 56.5 Å². The molecule has 0 aliphatic rings. The van der Waals surface area contributed by atoms with Crippen LogP contribution < -0.4 is 0 Å². The molecule has 0 aromatic carbocycles. The minimum absolute atomic E-state index is 0.635. The van der Waals surface area contributed by atoms with Crippen molar-refractivity contribution in [2.45, 2.75) is 11.9 Å². The van der Waals surface area contributed by atoms with Gasteiger partial charge in [0.25, 0.3) is 0 Å². The number of nitrogens with zero attached hydrogens (tertiary/aromatic N) is 5. The van der Waals surface area contributed by atoms with Crippen molar-refractivity contribution in [1.29, 1.82) is 0 Å². The fraction of sp³-hybridized carbons (Fsp3) is 0.333. The fourth-order valence-corrected chi connectivity index (χ4v) is 1.60. The maximum absolute atomic E-state index is 3.94. The van der Waals surface area contributed by atoms with E-state index in [1.54, 1.807) is 4.68 Å². The summed E-state index contributed by atoms with van der Waals surface area (Å²) in [7, 11) is 0. The first-order chi connectivity index (χ1) is 6.38. The van der Waals surface area contributed by atoms with Crippen LogP contribution in [0.5, 0.6) is 0 Å². The second-order valence-corrected chi connectivity index (χ2v) is 3.61. The van der Waals surface area contributed by atoms with Crippen molar-refractivity contribution in [3.63, 3.8) is 0 Å². The van der Waals surface area contributed by atoms with E-state index >= 15 is 0 Å². The van der Waals surface area contributed by atoms with Gasteiger partial charge in [0, 0.05) is 16.9 Å². The molecule has 0 spiro atoms. The number of hydrogen-bond donors (Lipinski definition) is 0. The van der Waals surface area contributed by atoms with Crippen LogP contribution in [0, 0.1) is 0 Å². The summed E-state index contributed by atoms with van der Waals surface area (Å²) < 4.78 is 5.51. The van der Waals surface area contributed by atoms with Crippen LogP contribution >= 0.6 is 27.5 Å². The number of alkyl halides is 1. The summed E-state index contributed by atoms with van der Waals surface area (Å²) in [6.45, 7) is 0.635. The van der Waals surface area contributed by atoms with Gasteiger partial charge in [0.2, 0.25) is 0 Å². The minimum atomic E-state index is 0.635. The van der Waals surface area contributed by atoms with Gasteiger partial charge in [-0.2, -0.15) is 0 Å². The van der Waals surface area contributed by atoms with Crippen molar-refractivity contribution in [3.05, 3.63) is 23.0 Å². The molecule has 0 radical (unpaired) electrons. The number of hydrogen-bond acceptors (Lipinski definition) is 5. The molecule has 2 aromatic rings. The van der Waals surface area contributed by atoms with Gasteiger partial charge in [0.15, 0.2) is 0 Å². The largest absolute Gasteiger partial charge is 0.246 e. The molecule has 5 nitrogen and oxygen atoms in total. The third-order valence-electron chi connectivity index (χ3n) is 1.45. The molecule has 0 N–H and O–H groups in total. The first-order valence-corrected chi connectivity index (χ1v) is 5.55. The molecular formula is C6H6BrN5S. The molecule has 0 unspecified atom stereocenters. The second-order valence-electron chi connectivity index (χ2n) is 2.44. The predicted molar refractivity (Wildman–Crippen MR) is 51.7 cm³/mol. The van der Waals surface area contributed by atoms with Crippen molar-refractivity contribution in [2.75, 3.05) is 0 Å². The Morgan fingerprint density at radius 2 is 2.31 bits per heavy atom. The van der Waals surface area contributed by atoms with Crippen molar-refractivity contribution in [2.24, 2.45) is 0 Å². The molecule has 0 bridgehead atoms. The molecule has 2 aromatic heterocycles. The Morgan fingerprint density at radius 3 is 2.92 bits per heavy atom. The molecule has 0 fully saturated rings. The SMILES string of the molecule is BrCc1cn(Cc2csnn2)nn1. The van der Waals surface area contributed by atoms with E-state index < -0.39 is 0 Å². The van der Waals surface area contributed by atoms with Crippen LogP contribution in [0.1, 0.15) is 11.4 Å². The average molecular weight is 260 g/mol. The third kappa shape index (κ3) is 2.10. The van der Waals surface area contributed by atoms with E-state index in [4.69, 9.17) is 0 Å². The Labute approximate surface area is 87.1 Å². The van der Waals surface area contributed by atoms with E-state index in [1.165, 1.54) is 11.5 Å². The van der Waals surface area contributed by atoms with E-state index in [0.29, 0.717) is 6.54 Å². The summed E-state index contributed by atoms with van der Waals surface area (Å²) in [5.41, 5.74) is 1.83. The summed E-state index contributed by atoms with van der Waals surface area (Å²) >= 11 is 4.65. The highest BCUT2D eigenvalue weighted by atomic mass is 79.9. The van der Waals surface area contributed by atoms with Crippen molar-refractivity contribution < 1.29 is 0 Å². The van der Waals surface area contributed by atoms with Crippen LogP contribution in [0.15, 0.2) is 11.6 Å². The first-order valence-electron chi connectivity index (χ1n) is 3.59. The molecular weight excluding hydrogens is 254 g/mol. The second kappa shape index (κ2) is 3.93. The maximum Gasteiger partial charge on any atom is 0.0970 e. The van der Waals surface area contributed by atoms with Crippen molar-refractivity contribution in [1.82, 2.24) is 24.6 Å². The molecule has 2 heterocycles. The Hall–Kier alpha value is -0.820. The molecule has 0 aliphatic carbocycles. The highest BCUT2D eigenvalue weighted by Crippen LogP contribution is 2.03. The van der Waals surface area contributed by atoms with Gasteiger partial charge in [-0.1, -0.05) is 25.6 Å². The number of halogens is 1. The third-order valence-corrected chi connectivity index (χ3v) is 2.58. The lowest BCUT2D eigenvalue weighted by atomic mass is 10.5. The lowest BCUT2D eigenvalue weighted by Crippen LogP contribution is -2.00. The molecule has 13 heavy (non-hydrogen) atoms. The summed E-state index contributed by atoms with van der Waals surface area (Å²) in [6.07, 6.45) is 1.88. The molecule has 0 atom stereocenters. The molecule has 68 valence electrons. The van der Waals surface area contributed by atoms with E-state index in [-0.39, 0.29) is 0 Å². The Kier molecular flexibility index (Phi) is 2.65. The minimum Gasteiger partial charge on any atom is -0.246 e. The summed E-state index contributed by atoms with van der Waals surface area (Å²) in [5.74, 6) is 0. The van der Waals surface area contributed by atoms with Crippen LogP contribution in [0.4, 0.5) is 0 Å². The Morgan fingerprint density at radius 1 is 1.38 bits per heavy atom. The monoisotopic (exact) mass is 259 g/mol. The van der Waals surface area contributed by atoms with Crippen molar-refractivity contribution in [3.8, 4) is 0 Å². The molecule has 0 saturated heterocycles. The van der Waals surface area contributed by atoms with E-state index in [2.05, 4.69) is 35.8 Å². The average Bonchev–Trinajstić information content (AvgIpc) is 2.76. The normalized spacial score (nSPS) is 10.5. The summed E-state index contributed by atoms with van der Waals surface area (Å²) in [4.78, 5) is 0. The van der Waals surface area contributed by atoms with Crippen LogP contribution in [-0.4, -0.2) is 24.6 Å². The summed E-state index contributed by atoms with van der Waals surface area (Å²) in [5, 5.41) is 14.4. The van der Waals surface area contributed by atoms with E-state index in [0.717, 1.165) is 16.7 Å². The molecule has 0 saturated carbocycles. The smallest absolute Gasteiger partial charge is 0.0970 e. The van der Waals surface area contributed by atoms with Gasteiger partial charge in [-0.3, -0.25) is 0 Å². The lowest BCUT2D eigenvalue weighted by Gasteiger charge is -1.92. The van der Waals surface area contributed by atoms with Gasteiger partial charge in [-0.25, -0.2) is 4.68 Å². The van der Waals surface area contributed by atoms with Gasteiger partial charge >= 0.3 is 0 Å². The van der Waals surface area contributed by atoms with Gasteiger partial charge in [-0.05, 0) is 11.5 Å². The van der Waals surface area contributed by atoms with Gasteiger partial charge in [-0.15, -0.1) is 10.2 Å². The zero-order valence-electron chi connectivity index (χ0n) is 6.59. The fourth-order valence-electron chi connectivity index (χ4n) is 0.896. The standard InChI is InChI=1S/C6H6BrN5S/c7-1-5-2-12(10-8-5)3-6-4-13-11-9-6/h2,4H,1,3H2. The Balaban J connectivity index is 2.10. The molecule has 0 aliphatic heterocycles. The van der Waals surface area contributed by atoms with Gasteiger partial charge in [0.05, 0.1) is 17.9 Å². The van der Waals surface area contributed by atoms with E-state index in [9.17, 15) is 0 Å². The maximum atomic E-state index is 3.94. The molecule has 2 rings (SSSR count). The summed E-state index contributed by atoms with van der Waals surface area (Å²) in [6, 6.07) is 0. The van der Waals surface area contributed by atoms with Gasteiger partial charge in [0.1, 0.15) is 0 Å². The number of rotatable bonds is 3. The van der Waals surface area contributed by atoms with E-state index in [1.807, 2.05) is 11.6 Å². The van der Waals surface area contributed by atoms with Crippen LogP contribution in [0.25, 0.3) is 0 Å². The van der Waals surface area contributed by atoms with Crippen LogP contribution in [0.3, 0.4) is 0 Å². The zero-order valence-corrected chi connectivity index (χ0v) is 8.99. The molecule has 7 heteroatoms. The highest BCUT2D eigenvalue weighted by Gasteiger charge is 2.01. The first kappa shape index (κ1) is 8.76. The van der Waals surface area contributed by atoms with Crippen molar-refractivity contribution >= 4 is 27.5 Å². The van der Waals surface area contributed by atoms with Gasteiger partial charge < -0.3 is 0 Å². The highest BCUT2D eigenvalue weighted by molar-refractivity contribution is 9.08.